The number of halogens is 3. The van der Waals surface area contributed by atoms with Crippen LogP contribution in [0.1, 0.15) is 22.3 Å². The van der Waals surface area contributed by atoms with E-state index in [1.54, 1.807) is 36.0 Å². The lowest BCUT2D eigenvalue weighted by atomic mass is 9.99. The molecule has 2 aliphatic heterocycles. The summed E-state index contributed by atoms with van der Waals surface area (Å²) in [6.07, 6.45) is -4.08. The predicted molar refractivity (Wildman–Crippen MR) is 237 cm³/mol. The summed E-state index contributed by atoms with van der Waals surface area (Å²) in [7, 11) is -4.49. The normalized spacial score (nSPS) is 15.7. The first-order chi connectivity index (χ1) is 30.3. The minimum absolute atomic E-state index is 0.0994. The molecule has 1 amide bonds. The van der Waals surface area contributed by atoms with Crippen LogP contribution in [-0.2, 0) is 21.3 Å². The summed E-state index contributed by atoms with van der Waals surface area (Å²) in [5.74, 6) is -0.546. The van der Waals surface area contributed by atoms with E-state index in [9.17, 15) is 36.5 Å². The fraction of sp³-hybridized carbons (Fsp3) is 0.311. The smallest absolute Gasteiger partial charge is 0.406 e. The molecule has 5 aromatic rings. The lowest BCUT2D eigenvalue weighted by Gasteiger charge is -2.36. The maximum absolute atomic E-state index is 13.4. The molecule has 0 aromatic heterocycles. The van der Waals surface area contributed by atoms with Crippen molar-refractivity contribution < 1.29 is 40.8 Å². The number of anilines is 2. The number of nitro groups is 1. The van der Waals surface area contributed by atoms with Crippen LogP contribution in [-0.4, -0.2) is 106 Å². The molecule has 332 valence electrons. The number of nitro benzene ring substituents is 1. The van der Waals surface area contributed by atoms with E-state index >= 15 is 0 Å². The Bertz CT molecular complexity index is 2430. The third-order valence-electron chi connectivity index (χ3n) is 10.8. The lowest BCUT2D eigenvalue weighted by molar-refractivity contribution is -0.384. The summed E-state index contributed by atoms with van der Waals surface area (Å²) >= 11 is 1.62. The number of nitrogens with one attached hydrogen (secondary N) is 2. The van der Waals surface area contributed by atoms with Crippen molar-refractivity contribution in [2.75, 3.05) is 75.0 Å². The van der Waals surface area contributed by atoms with Gasteiger partial charge in [-0.15, -0.1) is 24.9 Å². The Balaban J connectivity index is 0.945. The number of rotatable bonds is 17. The Morgan fingerprint density at radius 2 is 1.52 bits per heavy atom. The molecule has 0 saturated carbocycles. The second-order valence-electron chi connectivity index (χ2n) is 15.1. The zero-order valence-electron chi connectivity index (χ0n) is 34.2. The predicted octanol–water partition coefficient (Wildman–Crippen LogP) is 7.90. The molecule has 2 N–H and O–H groups in total. The summed E-state index contributed by atoms with van der Waals surface area (Å²) in [4.78, 5) is 32.3. The SMILES string of the molecule is O=C(NS(=O)(=O)c1ccc(N[C@H](CCN2CCOCC2)CSc2ccccc2)c([N+](=O)[O-])c1)c1ccc(N2CCN(Cc3ccccc3-c3ccc(OC(F)(F)F)cc3)CC2)cc1. The van der Waals surface area contributed by atoms with Crippen LogP contribution in [0.5, 0.6) is 5.75 Å². The van der Waals surface area contributed by atoms with Crippen molar-refractivity contribution in [2.45, 2.75) is 35.2 Å². The molecule has 2 fully saturated rings. The number of benzene rings is 5. The fourth-order valence-corrected chi connectivity index (χ4v) is 9.48. The molecule has 0 spiro atoms. The van der Waals surface area contributed by atoms with Gasteiger partial charge in [-0.1, -0.05) is 54.6 Å². The topological polar surface area (TPSA) is 147 Å². The highest BCUT2D eigenvalue weighted by atomic mass is 32.2. The van der Waals surface area contributed by atoms with Gasteiger partial charge in [-0.25, -0.2) is 13.1 Å². The van der Waals surface area contributed by atoms with Gasteiger partial charge in [-0.3, -0.25) is 24.7 Å². The van der Waals surface area contributed by atoms with Crippen LogP contribution in [0.4, 0.5) is 30.2 Å². The molecule has 2 saturated heterocycles. The number of piperazine rings is 1. The van der Waals surface area contributed by atoms with Crippen molar-refractivity contribution in [3.63, 3.8) is 0 Å². The van der Waals surface area contributed by atoms with Gasteiger partial charge in [0.1, 0.15) is 11.4 Å². The van der Waals surface area contributed by atoms with Crippen molar-refractivity contribution in [2.24, 2.45) is 0 Å². The van der Waals surface area contributed by atoms with Gasteiger partial charge in [0.25, 0.3) is 21.6 Å². The van der Waals surface area contributed by atoms with Gasteiger partial charge >= 0.3 is 6.36 Å². The molecule has 18 heteroatoms. The molecule has 1 atom stereocenters. The van der Waals surface area contributed by atoms with E-state index in [-0.39, 0.29) is 23.0 Å². The molecule has 0 aliphatic carbocycles. The van der Waals surface area contributed by atoms with Crippen LogP contribution in [0.2, 0.25) is 0 Å². The van der Waals surface area contributed by atoms with Gasteiger partial charge in [0.15, 0.2) is 0 Å². The molecule has 63 heavy (non-hydrogen) atoms. The number of alkyl halides is 3. The van der Waals surface area contributed by atoms with Crippen LogP contribution < -0.4 is 19.7 Å². The largest absolute Gasteiger partial charge is 0.573 e. The average Bonchev–Trinajstić information content (AvgIpc) is 3.28. The molecule has 2 aliphatic rings. The number of hydrogen-bond acceptors (Lipinski definition) is 12. The first kappa shape index (κ1) is 45.4. The van der Waals surface area contributed by atoms with Crippen molar-refractivity contribution >= 4 is 44.8 Å². The molecule has 13 nitrogen and oxygen atoms in total. The Morgan fingerprint density at radius 3 is 2.21 bits per heavy atom. The van der Waals surface area contributed by atoms with Crippen molar-refractivity contribution in [3.8, 4) is 16.9 Å². The van der Waals surface area contributed by atoms with Crippen LogP contribution >= 0.6 is 11.8 Å². The molecule has 5 aromatic carbocycles. The Kier molecular flexibility index (Phi) is 14.9. The van der Waals surface area contributed by atoms with Crippen molar-refractivity contribution in [1.82, 2.24) is 14.5 Å². The number of carbonyl (C=O) groups is 1. The number of nitrogens with zero attached hydrogens (tertiary/aromatic N) is 4. The van der Waals surface area contributed by atoms with E-state index in [1.807, 2.05) is 54.6 Å². The van der Waals surface area contributed by atoms with Gasteiger partial charge < -0.3 is 19.7 Å². The van der Waals surface area contributed by atoms with E-state index in [1.165, 1.54) is 36.4 Å². The number of thioether (sulfide) groups is 1. The highest BCUT2D eigenvalue weighted by Crippen LogP contribution is 2.32. The summed E-state index contributed by atoms with van der Waals surface area (Å²) in [6, 6.07) is 33.4. The number of sulfonamides is 1. The van der Waals surface area contributed by atoms with E-state index in [0.29, 0.717) is 45.0 Å². The first-order valence-corrected chi connectivity index (χ1v) is 22.9. The molecular formula is C45H47F3N6O7S2. The molecule has 7 rings (SSSR count). The number of carbonyl (C=O) groups excluding carboxylic acids is 1. The lowest BCUT2D eigenvalue weighted by Crippen LogP contribution is -2.46. The standard InChI is InChI=1S/C45H47F3N6O7S2/c46-45(47,48)61-38-16-12-33(13-17-38)41-9-5-4-6-35(41)31-52-22-24-53(25-23-52)37-14-10-34(11-15-37)44(55)50-63(58,59)40-18-19-42(43(30-40)54(56)57)49-36(20-21-51-26-28-60-29-27-51)32-62-39-7-2-1-3-8-39/h1-19,30,36,49H,20-29,31-32H2,(H,50,55)/t36-/m1/s1. The van der Waals surface area contributed by atoms with Crippen LogP contribution in [0, 0.1) is 10.1 Å². The summed E-state index contributed by atoms with van der Waals surface area (Å²) in [5, 5.41) is 15.6. The van der Waals surface area contributed by atoms with E-state index < -0.39 is 37.8 Å². The zero-order chi connectivity index (χ0) is 44.4. The Morgan fingerprint density at radius 1 is 0.841 bits per heavy atom. The highest BCUT2D eigenvalue weighted by Gasteiger charge is 2.31. The number of amides is 1. The van der Waals surface area contributed by atoms with Crippen LogP contribution in [0.15, 0.2) is 131 Å². The summed E-state index contributed by atoms with van der Waals surface area (Å²) < 4.78 is 76.4. The number of ether oxygens (including phenoxy) is 2. The van der Waals surface area contributed by atoms with E-state index in [0.717, 1.165) is 66.1 Å². The van der Waals surface area contributed by atoms with Gasteiger partial charge in [-0.2, -0.15) is 0 Å². The molecular weight excluding hydrogens is 858 g/mol. The van der Waals surface area contributed by atoms with Gasteiger partial charge in [0, 0.05) is 86.4 Å². The van der Waals surface area contributed by atoms with Crippen LogP contribution in [0.25, 0.3) is 11.1 Å². The quantitative estimate of drug-likeness (QED) is 0.0532. The monoisotopic (exact) mass is 904 g/mol. The van der Waals surface area contributed by atoms with Gasteiger partial charge in [0.05, 0.1) is 23.0 Å². The number of hydrogen-bond donors (Lipinski definition) is 2. The molecule has 0 bridgehead atoms. The van der Waals surface area contributed by atoms with Crippen molar-refractivity contribution in [1.29, 1.82) is 0 Å². The second-order valence-corrected chi connectivity index (χ2v) is 17.9. The Hall–Kier alpha value is -5.66. The van der Waals surface area contributed by atoms with Gasteiger partial charge in [0.2, 0.25) is 0 Å². The molecule has 0 radical (unpaired) electrons. The van der Waals surface area contributed by atoms with E-state index in [4.69, 9.17) is 4.74 Å². The van der Waals surface area contributed by atoms with E-state index in [2.05, 4.69) is 29.5 Å². The summed E-state index contributed by atoms with van der Waals surface area (Å²) in [5.41, 5.74) is 3.42. The maximum Gasteiger partial charge on any atom is 0.573 e. The first-order valence-electron chi connectivity index (χ1n) is 20.4. The number of morpholine rings is 1. The second kappa shape index (κ2) is 20.7. The molecule has 2 heterocycles. The molecule has 0 unspecified atom stereocenters. The fourth-order valence-electron chi connectivity index (χ4n) is 7.49. The third kappa shape index (κ3) is 12.7. The highest BCUT2D eigenvalue weighted by molar-refractivity contribution is 7.99. The Labute approximate surface area is 368 Å². The van der Waals surface area contributed by atoms with Gasteiger partial charge in [-0.05, 0) is 83.8 Å². The zero-order valence-corrected chi connectivity index (χ0v) is 35.8. The third-order valence-corrected chi connectivity index (χ3v) is 13.3. The maximum atomic E-state index is 13.4. The minimum Gasteiger partial charge on any atom is -0.406 e. The summed E-state index contributed by atoms with van der Waals surface area (Å²) in [6.45, 7) is 7.08. The van der Waals surface area contributed by atoms with Crippen molar-refractivity contribution in [3.05, 3.63) is 143 Å². The van der Waals surface area contributed by atoms with Crippen LogP contribution in [0.3, 0.4) is 0 Å². The minimum atomic E-state index is -4.76. The average molecular weight is 905 g/mol.